The predicted octanol–water partition coefficient (Wildman–Crippen LogP) is -0.561. The highest BCUT2D eigenvalue weighted by molar-refractivity contribution is 7.89. The van der Waals surface area contributed by atoms with Crippen LogP contribution >= 0.6 is 0 Å². The predicted molar refractivity (Wildman–Crippen MR) is 70.3 cm³/mol. The van der Waals surface area contributed by atoms with E-state index < -0.39 is 16.1 Å². The summed E-state index contributed by atoms with van der Waals surface area (Å²) in [7, 11) is -3.77. The number of nitrogens with zero attached hydrogens (tertiary/aromatic N) is 3. The third kappa shape index (κ3) is 3.75. The zero-order valence-electron chi connectivity index (χ0n) is 11.6. The SMILES string of the molecule is CC1CC(C)N(C[C@@H](O)CNS(=O)(=O)c2conn2)C1. The van der Waals surface area contributed by atoms with E-state index in [9.17, 15) is 13.5 Å². The minimum absolute atomic E-state index is 0.0627. The number of nitrogens with one attached hydrogen (secondary N) is 1. The van der Waals surface area contributed by atoms with Gasteiger partial charge in [0.25, 0.3) is 10.0 Å². The molecule has 2 rings (SSSR count). The van der Waals surface area contributed by atoms with Crippen molar-refractivity contribution < 1.29 is 18.0 Å². The van der Waals surface area contributed by atoms with Crippen LogP contribution in [0.15, 0.2) is 15.8 Å². The minimum Gasteiger partial charge on any atom is -0.390 e. The lowest BCUT2D eigenvalue weighted by Crippen LogP contribution is -2.41. The second-order valence-electron chi connectivity index (χ2n) is 5.39. The van der Waals surface area contributed by atoms with E-state index in [1.165, 1.54) is 0 Å². The first-order valence-corrected chi connectivity index (χ1v) is 8.05. The number of likely N-dealkylation sites (tertiary alicyclic amines) is 1. The van der Waals surface area contributed by atoms with Crippen molar-refractivity contribution in [3.8, 4) is 0 Å². The largest absolute Gasteiger partial charge is 0.390 e. The van der Waals surface area contributed by atoms with Crippen molar-refractivity contribution in [2.45, 2.75) is 37.4 Å². The maximum Gasteiger partial charge on any atom is 0.263 e. The van der Waals surface area contributed by atoms with Crippen LogP contribution in [-0.4, -0.2) is 60.6 Å². The monoisotopic (exact) mass is 304 g/mol. The van der Waals surface area contributed by atoms with Crippen LogP contribution in [0.4, 0.5) is 0 Å². The van der Waals surface area contributed by atoms with E-state index >= 15 is 0 Å². The third-order valence-electron chi connectivity index (χ3n) is 3.48. The Bertz CT molecular complexity index is 519. The highest BCUT2D eigenvalue weighted by Crippen LogP contribution is 2.22. The first kappa shape index (κ1) is 15.4. The quantitative estimate of drug-likeness (QED) is 0.725. The van der Waals surface area contributed by atoms with Gasteiger partial charge in [-0.25, -0.2) is 13.1 Å². The van der Waals surface area contributed by atoms with Crippen LogP contribution in [-0.2, 0) is 10.0 Å². The van der Waals surface area contributed by atoms with Crippen molar-refractivity contribution in [2.24, 2.45) is 5.92 Å². The van der Waals surface area contributed by atoms with Gasteiger partial charge in [0.05, 0.1) is 6.10 Å². The van der Waals surface area contributed by atoms with Gasteiger partial charge in [-0.3, -0.25) is 4.90 Å². The van der Waals surface area contributed by atoms with Gasteiger partial charge in [-0.1, -0.05) is 12.0 Å². The van der Waals surface area contributed by atoms with Crippen molar-refractivity contribution in [1.82, 2.24) is 20.0 Å². The van der Waals surface area contributed by atoms with E-state index in [1.54, 1.807) is 0 Å². The summed E-state index contributed by atoms with van der Waals surface area (Å²) in [6.07, 6.45) is 1.28. The van der Waals surface area contributed by atoms with E-state index in [-0.39, 0.29) is 11.6 Å². The molecule has 1 aliphatic heterocycles. The summed E-state index contributed by atoms with van der Waals surface area (Å²) >= 11 is 0. The number of aliphatic hydroxyl groups excluding tert-OH is 1. The van der Waals surface area contributed by atoms with Gasteiger partial charge in [-0.15, -0.1) is 0 Å². The topological polar surface area (TPSA) is 109 Å². The molecule has 9 heteroatoms. The van der Waals surface area contributed by atoms with E-state index in [1.807, 2.05) is 0 Å². The third-order valence-corrected chi connectivity index (χ3v) is 4.76. The van der Waals surface area contributed by atoms with Crippen LogP contribution in [0.25, 0.3) is 0 Å². The van der Waals surface area contributed by atoms with E-state index in [0.717, 1.165) is 19.2 Å². The van der Waals surface area contributed by atoms with Gasteiger partial charge in [0.2, 0.25) is 5.03 Å². The lowest BCUT2D eigenvalue weighted by atomic mass is 10.1. The summed E-state index contributed by atoms with van der Waals surface area (Å²) in [5, 5.41) is 16.1. The Hall–Kier alpha value is -1.03. The van der Waals surface area contributed by atoms with Crippen LogP contribution in [0.3, 0.4) is 0 Å². The maximum atomic E-state index is 11.8. The first-order valence-electron chi connectivity index (χ1n) is 6.57. The molecular formula is C11H20N4O4S. The van der Waals surface area contributed by atoms with Gasteiger partial charge in [0.15, 0.2) is 6.26 Å². The number of β-amino-alcohol motifs (C(OH)–C–C–N with tert-alkyl or cyclic N) is 1. The molecule has 1 aromatic rings. The fourth-order valence-electron chi connectivity index (χ4n) is 2.53. The number of rotatable bonds is 6. The molecular weight excluding hydrogens is 284 g/mol. The second-order valence-corrected chi connectivity index (χ2v) is 7.11. The Balaban J connectivity index is 1.82. The fourth-order valence-corrected chi connectivity index (χ4v) is 3.40. The molecule has 1 fully saturated rings. The van der Waals surface area contributed by atoms with Crippen LogP contribution in [0.1, 0.15) is 20.3 Å². The van der Waals surface area contributed by atoms with Crippen LogP contribution in [0.5, 0.6) is 0 Å². The average molecular weight is 304 g/mol. The van der Waals surface area contributed by atoms with Crippen LogP contribution in [0.2, 0.25) is 0 Å². The number of hydrogen-bond acceptors (Lipinski definition) is 7. The summed E-state index contributed by atoms with van der Waals surface area (Å²) in [5.41, 5.74) is 0. The molecule has 114 valence electrons. The molecule has 1 aromatic heterocycles. The molecule has 0 bridgehead atoms. The van der Waals surface area contributed by atoms with E-state index in [4.69, 9.17) is 0 Å². The van der Waals surface area contributed by atoms with Gasteiger partial charge < -0.3 is 9.63 Å². The molecule has 0 aliphatic carbocycles. The normalized spacial score (nSPS) is 25.9. The summed E-state index contributed by atoms with van der Waals surface area (Å²) in [4.78, 5) is 2.17. The molecule has 0 saturated carbocycles. The summed E-state index contributed by atoms with van der Waals surface area (Å²) in [6, 6.07) is 0.413. The van der Waals surface area contributed by atoms with Crippen molar-refractivity contribution >= 4 is 10.0 Å². The number of hydrogen-bond donors (Lipinski definition) is 2. The van der Waals surface area contributed by atoms with Crippen molar-refractivity contribution in [3.05, 3.63) is 6.26 Å². The highest BCUT2D eigenvalue weighted by atomic mass is 32.2. The summed E-state index contributed by atoms with van der Waals surface area (Å²) in [5.74, 6) is 0.607. The molecule has 20 heavy (non-hydrogen) atoms. The molecule has 3 atom stereocenters. The molecule has 8 nitrogen and oxygen atoms in total. The van der Waals surface area contributed by atoms with Gasteiger partial charge >= 0.3 is 0 Å². The molecule has 2 heterocycles. The number of sulfonamides is 1. The molecule has 1 aliphatic rings. The lowest BCUT2D eigenvalue weighted by Gasteiger charge is -2.24. The Morgan fingerprint density at radius 1 is 1.60 bits per heavy atom. The van der Waals surface area contributed by atoms with Crippen LogP contribution < -0.4 is 4.72 Å². The van der Waals surface area contributed by atoms with Gasteiger partial charge in [0.1, 0.15) is 0 Å². The Morgan fingerprint density at radius 2 is 2.35 bits per heavy atom. The van der Waals surface area contributed by atoms with Crippen LogP contribution in [0, 0.1) is 5.92 Å². The molecule has 2 unspecified atom stereocenters. The summed E-state index contributed by atoms with van der Waals surface area (Å²) < 4.78 is 30.2. The zero-order chi connectivity index (χ0) is 14.8. The number of aliphatic hydroxyl groups is 1. The molecule has 0 spiro atoms. The lowest BCUT2D eigenvalue weighted by molar-refractivity contribution is 0.111. The fraction of sp³-hybridized carbons (Fsp3) is 0.818. The molecule has 0 amide bonds. The first-order chi connectivity index (χ1) is 9.38. The smallest absolute Gasteiger partial charge is 0.263 e. The van der Waals surface area contributed by atoms with E-state index in [2.05, 4.69) is 38.4 Å². The average Bonchev–Trinajstić information content (AvgIpc) is 2.98. The van der Waals surface area contributed by atoms with Crippen molar-refractivity contribution in [1.29, 1.82) is 0 Å². The van der Waals surface area contributed by atoms with Gasteiger partial charge in [-0.05, 0) is 19.3 Å². The van der Waals surface area contributed by atoms with Gasteiger partial charge in [0, 0.05) is 30.9 Å². The Morgan fingerprint density at radius 3 is 2.90 bits per heavy atom. The summed E-state index contributed by atoms with van der Waals surface area (Å²) in [6.45, 7) is 5.60. The molecule has 0 radical (unpaired) electrons. The van der Waals surface area contributed by atoms with Crippen molar-refractivity contribution in [3.63, 3.8) is 0 Å². The standard InChI is InChI=1S/C11H20N4O4S/c1-8-3-9(2)15(5-8)6-10(16)4-12-20(17,18)11-7-19-14-13-11/h7-10,12,16H,3-6H2,1-2H3/t8?,9?,10-/m0/s1. The second kappa shape index (κ2) is 6.17. The zero-order valence-corrected chi connectivity index (χ0v) is 12.4. The highest BCUT2D eigenvalue weighted by Gasteiger charge is 2.28. The van der Waals surface area contributed by atoms with E-state index in [0.29, 0.717) is 18.5 Å². The van der Waals surface area contributed by atoms with Gasteiger partial charge in [-0.2, -0.15) is 0 Å². The molecule has 1 saturated heterocycles. The minimum atomic E-state index is -3.77. The molecule has 0 aromatic carbocycles. The maximum absolute atomic E-state index is 11.8. The Labute approximate surface area is 118 Å². The number of aromatic nitrogens is 2. The Kier molecular flexibility index (Phi) is 4.74. The van der Waals surface area contributed by atoms with Crippen molar-refractivity contribution in [2.75, 3.05) is 19.6 Å². The molecule has 2 N–H and O–H groups in total.